The maximum Gasteiger partial charge on any atom is 0.494 e. The Bertz CT molecular complexity index is 1990. The zero-order valence-corrected chi connectivity index (χ0v) is 24.7. The van der Waals surface area contributed by atoms with Gasteiger partial charge in [-0.05, 0) is 75.1 Å². The lowest BCUT2D eigenvalue weighted by Gasteiger charge is -2.32. The molecule has 5 aromatic rings. The average Bonchev–Trinajstić information content (AvgIpc) is 3.62. The number of benzene rings is 4. The summed E-state index contributed by atoms with van der Waals surface area (Å²) in [5.74, 6) is 0.895. The molecule has 6 heteroatoms. The minimum Gasteiger partial charge on any atom is -0.485 e. The first-order valence-corrected chi connectivity index (χ1v) is 14.8. The number of hydrogen-bond acceptors (Lipinski definition) is 4. The van der Waals surface area contributed by atoms with Gasteiger partial charge in [0.1, 0.15) is 17.9 Å². The van der Waals surface area contributed by atoms with Gasteiger partial charge in [-0.3, -0.25) is 0 Å². The largest absolute Gasteiger partial charge is 0.494 e. The molecule has 3 heterocycles. The minimum absolute atomic E-state index is 0.0278. The summed E-state index contributed by atoms with van der Waals surface area (Å²) in [6.45, 7) is 8.29. The monoisotopic (exact) mass is 562 g/mol. The number of ether oxygens (including phenoxy) is 1. The molecule has 210 valence electrons. The van der Waals surface area contributed by atoms with E-state index in [1.807, 2.05) is 24.3 Å². The highest BCUT2D eigenvalue weighted by atomic mass is 16.7. The summed E-state index contributed by atoms with van der Waals surface area (Å²) in [7, 11) is -0.428. The number of hydrogen-bond donors (Lipinski definition) is 0. The van der Waals surface area contributed by atoms with Gasteiger partial charge in [-0.25, -0.2) is 0 Å². The molecule has 0 spiro atoms. The van der Waals surface area contributed by atoms with E-state index >= 15 is 0 Å². The van der Waals surface area contributed by atoms with E-state index in [1.54, 1.807) is 0 Å². The Hall–Kier alpha value is -4.57. The number of rotatable bonds is 3. The zero-order valence-electron chi connectivity index (χ0n) is 24.7. The molecule has 0 radical (unpaired) electrons. The van der Waals surface area contributed by atoms with Gasteiger partial charge in [-0.1, -0.05) is 66.7 Å². The van der Waals surface area contributed by atoms with Crippen molar-refractivity contribution in [3.05, 3.63) is 120 Å². The second kappa shape index (κ2) is 9.22. The molecule has 1 saturated heterocycles. The topological polar surface area (TPSA) is 56.4 Å². The van der Waals surface area contributed by atoms with Crippen molar-refractivity contribution in [2.75, 3.05) is 0 Å². The molecular weight excluding hydrogens is 531 g/mol. The lowest BCUT2D eigenvalue weighted by Crippen LogP contribution is -2.41. The Morgan fingerprint density at radius 2 is 1.49 bits per heavy atom. The molecule has 0 N–H and O–H groups in total. The maximum atomic E-state index is 10.6. The van der Waals surface area contributed by atoms with Crippen LogP contribution in [0.1, 0.15) is 44.7 Å². The number of aromatic nitrogens is 1. The summed E-state index contributed by atoms with van der Waals surface area (Å²) in [6, 6.07) is 31.7. The van der Waals surface area contributed by atoms with E-state index in [-0.39, 0.29) is 12.0 Å². The van der Waals surface area contributed by atoms with Gasteiger partial charge in [0.05, 0.1) is 33.5 Å². The van der Waals surface area contributed by atoms with Crippen LogP contribution in [0.2, 0.25) is 0 Å². The van der Waals surface area contributed by atoms with Crippen molar-refractivity contribution in [1.29, 1.82) is 5.26 Å². The molecular formula is C37H31BN2O3. The van der Waals surface area contributed by atoms with Crippen LogP contribution >= 0.6 is 0 Å². The standard InChI is InChI=1S/C37H31BN2O3/c1-36(2)37(3,4)43-38(42-36)24-17-19-35-29(21-24)28-20-23(16-18-34(28)41-35)25-12-9-15-33(30(25)22-39)40-31-13-7-5-10-26(31)27-11-6-8-14-32(27)40/h5-21,29,35H,1-4H3. The molecule has 0 saturated carbocycles. The number of para-hydroxylation sites is 2. The number of nitriles is 1. The van der Waals surface area contributed by atoms with E-state index in [4.69, 9.17) is 14.0 Å². The first-order chi connectivity index (χ1) is 20.8. The fourth-order valence-corrected chi connectivity index (χ4v) is 6.70. The Morgan fingerprint density at radius 3 is 2.16 bits per heavy atom. The smallest absolute Gasteiger partial charge is 0.485 e. The van der Waals surface area contributed by atoms with E-state index in [0.29, 0.717) is 5.56 Å². The van der Waals surface area contributed by atoms with Crippen molar-refractivity contribution in [1.82, 2.24) is 4.57 Å². The van der Waals surface area contributed by atoms with Gasteiger partial charge in [0, 0.05) is 27.8 Å². The zero-order chi connectivity index (χ0) is 29.5. The molecule has 3 aliphatic rings. The third-order valence-electron chi connectivity index (χ3n) is 9.65. The highest BCUT2D eigenvalue weighted by Crippen LogP contribution is 2.46. The molecule has 2 unspecified atom stereocenters. The number of allylic oxidation sites excluding steroid dienone is 2. The Balaban J connectivity index is 1.22. The summed E-state index contributed by atoms with van der Waals surface area (Å²) >= 11 is 0. The van der Waals surface area contributed by atoms with Crippen molar-refractivity contribution in [2.24, 2.45) is 0 Å². The van der Waals surface area contributed by atoms with Crippen molar-refractivity contribution in [3.63, 3.8) is 0 Å². The minimum atomic E-state index is -0.428. The highest BCUT2D eigenvalue weighted by Gasteiger charge is 2.52. The van der Waals surface area contributed by atoms with Crippen LogP contribution in [0, 0.1) is 11.3 Å². The second-order valence-electron chi connectivity index (χ2n) is 12.7. The van der Waals surface area contributed by atoms with Gasteiger partial charge in [0.2, 0.25) is 0 Å². The number of nitrogens with zero attached hydrogens (tertiary/aromatic N) is 2. The highest BCUT2D eigenvalue weighted by molar-refractivity contribution is 6.55. The van der Waals surface area contributed by atoms with Gasteiger partial charge >= 0.3 is 7.12 Å². The normalized spacial score (nSPS) is 21.4. The quantitative estimate of drug-likeness (QED) is 0.208. The predicted molar refractivity (Wildman–Crippen MR) is 171 cm³/mol. The van der Waals surface area contributed by atoms with Gasteiger partial charge in [0.25, 0.3) is 0 Å². The summed E-state index contributed by atoms with van der Waals surface area (Å²) in [5.41, 5.74) is 6.85. The van der Waals surface area contributed by atoms with E-state index in [2.05, 4.69) is 117 Å². The molecule has 1 aliphatic carbocycles. The third kappa shape index (κ3) is 3.85. The molecule has 1 aromatic heterocycles. The average molecular weight is 562 g/mol. The first-order valence-electron chi connectivity index (χ1n) is 14.8. The third-order valence-corrected chi connectivity index (χ3v) is 9.65. The molecule has 1 fully saturated rings. The fourth-order valence-electron chi connectivity index (χ4n) is 6.70. The van der Waals surface area contributed by atoms with Crippen LogP contribution in [-0.4, -0.2) is 29.0 Å². The van der Waals surface area contributed by atoms with Crippen LogP contribution in [0.25, 0.3) is 38.6 Å². The van der Waals surface area contributed by atoms with Gasteiger partial charge in [0.15, 0.2) is 0 Å². The Labute approximate surface area is 251 Å². The van der Waals surface area contributed by atoms with Crippen LogP contribution < -0.4 is 4.74 Å². The maximum absolute atomic E-state index is 10.6. The number of fused-ring (bicyclic) bond motifs is 6. The summed E-state index contributed by atoms with van der Waals surface area (Å²) in [5, 5.41) is 12.9. The van der Waals surface area contributed by atoms with Gasteiger partial charge in [-0.2, -0.15) is 5.26 Å². The summed E-state index contributed by atoms with van der Waals surface area (Å²) < 4.78 is 21.3. The molecule has 43 heavy (non-hydrogen) atoms. The molecule has 2 atom stereocenters. The lowest BCUT2D eigenvalue weighted by atomic mass is 9.72. The second-order valence-corrected chi connectivity index (χ2v) is 12.7. The Morgan fingerprint density at radius 1 is 0.814 bits per heavy atom. The lowest BCUT2D eigenvalue weighted by molar-refractivity contribution is 0.00578. The van der Waals surface area contributed by atoms with E-state index in [0.717, 1.165) is 44.6 Å². The van der Waals surface area contributed by atoms with Crippen LogP contribution in [-0.2, 0) is 9.31 Å². The van der Waals surface area contributed by atoms with E-state index < -0.39 is 18.3 Å². The predicted octanol–water partition coefficient (Wildman–Crippen LogP) is 8.29. The van der Waals surface area contributed by atoms with Crippen molar-refractivity contribution < 1.29 is 14.0 Å². The molecule has 0 bridgehead atoms. The molecule has 2 aliphatic heterocycles. The van der Waals surface area contributed by atoms with Crippen molar-refractivity contribution in [3.8, 4) is 28.6 Å². The van der Waals surface area contributed by atoms with E-state index in [1.165, 1.54) is 10.8 Å². The molecule has 4 aromatic carbocycles. The van der Waals surface area contributed by atoms with Crippen LogP contribution in [0.5, 0.6) is 5.75 Å². The van der Waals surface area contributed by atoms with Crippen LogP contribution in [0.15, 0.2) is 109 Å². The van der Waals surface area contributed by atoms with Gasteiger partial charge in [-0.15, -0.1) is 0 Å². The Kier molecular flexibility index (Phi) is 5.59. The summed E-state index contributed by atoms with van der Waals surface area (Å²) in [4.78, 5) is 0. The van der Waals surface area contributed by atoms with Crippen LogP contribution in [0.4, 0.5) is 0 Å². The van der Waals surface area contributed by atoms with E-state index in [9.17, 15) is 5.26 Å². The summed E-state index contributed by atoms with van der Waals surface area (Å²) in [6.07, 6.45) is 6.31. The first kappa shape index (κ1) is 26.1. The SMILES string of the molecule is CC1(C)OB(C2=CC3c4cc(-c5cccc(-n6c7ccccc7c7ccccc76)c5C#N)ccc4OC3C=C2)OC1(C)C. The fraction of sp³-hybridized carbons (Fsp3) is 0.216. The van der Waals surface area contributed by atoms with Gasteiger partial charge < -0.3 is 18.6 Å². The molecule has 0 amide bonds. The van der Waals surface area contributed by atoms with Crippen molar-refractivity contribution >= 4 is 28.9 Å². The molecule has 5 nitrogen and oxygen atoms in total. The van der Waals surface area contributed by atoms with Crippen molar-refractivity contribution in [2.45, 2.75) is 50.9 Å². The van der Waals surface area contributed by atoms with Crippen LogP contribution in [0.3, 0.4) is 0 Å². The molecule has 8 rings (SSSR count).